The van der Waals surface area contributed by atoms with Gasteiger partial charge in [-0.2, -0.15) is 0 Å². The number of likely N-dealkylation sites (N-methyl/N-ethyl adjacent to an activating group) is 1. The lowest BCUT2D eigenvalue weighted by Gasteiger charge is -2.28. The molecule has 2 N–H and O–H groups in total. The fraction of sp³-hybridized carbons (Fsp3) is 0.750. The third-order valence-corrected chi connectivity index (χ3v) is 4.38. The fourth-order valence-corrected chi connectivity index (χ4v) is 3.01. The third-order valence-electron chi connectivity index (χ3n) is 3.40. The molecular weight excluding hydrogens is 264 g/mol. The van der Waals surface area contributed by atoms with Crippen LogP contribution >= 0.6 is 11.3 Å². The summed E-state index contributed by atoms with van der Waals surface area (Å²) >= 11 is 1.38. The summed E-state index contributed by atoms with van der Waals surface area (Å²) in [5.41, 5.74) is -0.720. The van der Waals surface area contributed by atoms with E-state index in [2.05, 4.69) is 15.5 Å². The smallest absolute Gasteiger partial charge is 0.323 e. The summed E-state index contributed by atoms with van der Waals surface area (Å²) in [5, 5.41) is 22.2. The van der Waals surface area contributed by atoms with E-state index in [1.807, 2.05) is 6.92 Å². The molecule has 7 heteroatoms. The Morgan fingerprint density at radius 2 is 2.16 bits per heavy atom. The monoisotopic (exact) mass is 284 g/mol. The second kappa shape index (κ2) is 5.83. The molecule has 1 aromatic heterocycles. The molecule has 1 aliphatic carbocycles. The van der Waals surface area contributed by atoms with Crippen LogP contribution in [0.15, 0.2) is 0 Å². The maximum absolute atomic E-state index is 12.0. The van der Waals surface area contributed by atoms with E-state index in [0.29, 0.717) is 11.7 Å². The molecule has 0 saturated heterocycles. The van der Waals surface area contributed by atoms with Crippen molar-refractivity contribution in [3.63, 3.8) is 0 Å². The Labute approximate surface area is 116 Å². The summed E-state index contributed by atoms with van der Waals surface area (Å²) in [6.45, 7) is 2.35. The highest BCUT2D eigenvalue weighted by molar-refractivity contribution is 7.15. The summed E-state index contributed by atoms with van der Waals surface area (Å²) < 4.78 is 0. The maximum Gasteiger partial charge on any atom is 0.323 e. The second-order valence-corrected chi connectivity index (χ2v) is 6.13. The number of aryl methyl sites for hydroxylation is 1. The van der Waals surface area contributed by atoms with Crippen molar-refractivity contribution in [1.82, 2.24) is 15.1 Å². The van der Waals surface area contributed by atoms with E-state index in [1.54, 1.807) is 7.05 Å². The molecule has 1 saturated carbocycles. The Kier molecular flexibility index (Phi) is 4.36. The van der Waals surface area contributed by atoms with Gasteiger partial charge in [0.05, 0.1) is 12.1 Å². The van der Waals surface area contributed by atoms with Crippen LogP contribution in [-0.4, -0.2) is 45.4 Å². The predicted octanol–water partition coefficient (Wildman–Crippen LogP) is 1.87. The fourth-order valence-electron chi connectivity index (χ4n) is 2.34. The molecule has 0 unspecified atom stereocenters. The number of carbonyl (C=O) groups excluding carboxylic acids is 1. The molecule has 0 bridgehead atoms. The molecule has 2 amide bonds. The molecule has 1 heterocycles. The van der Waals surface area contributed by atoms with Gasteiger partial charge in [-0.25, -0.2) is 4.79 Å². The van der Waals surface area contributed by atoms with Gasteiger partial charge in [-0.15, -0.1) is 10.2 Å². The summed E-state index contributed by atoms with van der Waals surface area (Å²) in [6, 6.07) is -0.251. The first-order valence-electron chi connectivity index (χ1n) is 6.59. The average Bonchev–Trinajstić information content (AvgIpc) is 2.98. The zero-order valence-corrected chi connectivity index (χ0v) is 12.2. The number of anilines is 1. The highest BCUT2D eigenvalue weighted by Gasteiger charge is 2.33. The van der Waals surface area contributed by atoms with Crippen molar-refractivity contribution in [3.8, 4) is 0 Å². The first-order chi connectivity index (χ1) is 9.02. The molecule has 1 aliphatic rings. The van der Waals surface area contributed by atoms with Crippen molar-refractivity contribution in [2.75, 3.05) is 18.9 Å². The molecule has 6 nitrogen and oxygen atoms in total. The lowest BCUT2D eigenvalue weighted by Crippen LogP contribution is -2.43. The van der Waals surface area contributed by atoms with Gasteiger partial charge in [-0.05, 0) is 19.3 Å². The van der Waals surface area contributed by atoms with Gasteiger partial charge in [0.25, 0.3) is 0 Å². The third kappa shape index (κ3) is 3.63. The van der Waals surface area contributed by atoms with Crippen molar-refractivity contribution in [2.24, 2.45) is 0 Å². The number of amides is 2. The maximum atomic E-state index is 12.0. The van der Waals surface area contributed by atoms with E-state index in [9.17, 15) is 9.90 Å². The Balaban J connectivity index is 1.88. The van der Waals surface area contributed by atoms with E-state index in [-0.39, 0.29) is 6.03 Å². The van der Waals surface area contributed by atoms with Gasteiger partial charge in [0, 0.05) is 7.05 Å². The molecule has 2 rings (SSSR count). The van der Waals surface area contributed by atoms with Crippen molar-refractivity contribution < 1.29 is 9.90 Å². The van der Waals surface area contributed by atoms with Crippen molar-refractivity contribution in [1.29, 1.82) is 0 Å². The number of aromatic nitrogens is 2. The topological polar surface area (TPSA) is 78.4 Å². The minimum atomic E-state index is -0.720. The molecule has 19 heavy (non-hydrogen) atoms. The van der Waals surface area contributed by atoms with Crippen LogP contribution in [0.4, 0.5) is 9.93 Å². The Morgan fingerprint density at radius 3 is 2.74 bits per heavy atom. The number of nitrogens with zero attached hydrogens (tertiary/aromatic N) is 3. The molecule has 1 fully saturated rings. The Morgan fingerprint density at radius 1 is 1.47 bits per heavy atom. The van der Waals surface area contributed by atoms with Crippen LogP contribution in [0.1, 0.15) is 37.6 Å². The first kappa shape index (κ1) is 14.2. The van der Waals surface area contributed by atoms with Crippen LogP contribution in [-0.2, 0) is 6.42 Å². The molecule has 0 atom stereocenters. The summed E-state index contributed by atoms with van der Waals surface area (Å²) in [6.07, 6.45) is 4.40. The van der Waals surface area contributed by atoms with Crippen LogP contribution in [0.25, 0.3) is 0 Å². The summed E-state index contributed by atoms with van der Waals surface area (Å²) in [4.78, 5) is 13.5. The molecule has 1 aromatic rings. The molecule has 106 valence electrons. The molecule has 0 radical (unpaired) electrons. The normalized spacial score (nSPS) is 17.4. The molecular formula is C12H20N4O2S. The van der Waals surface area contributed by atoms with Crippen LogP contribution < -0.4 is 5.32 Å². The molecule has 0 spiro atoms. The molecule has 0 aliphatic heterocycles. The van der Waals surface area contributed by atoms with E-state index < -0.39 is 5.60 Å². The standard InChI is InChI=1S/C12H20N4O2S/c1-3-9-14-15-10(19-9)13-11(17)16(2)8-12(18)6-4-5-7-12/h18H,3-8H2,1-2H3,(H,13,15,17). The highest BCUT2D eigenvalue weighted by Crippen LogP contribution is 2.30. The zero-order valence-electron chi connectivity index (χ0n) is 11.3. The lowest BCUT2D eigenvalue weighted by molar-refractivity contribution is 0.0261. The van der Waals surface area contributed by atoms with E-state index >= 15 is 0 Å². The van der Waals surface area contributed by atoms with Gasteiger partial charge in [-0.3, -0.25) is 5.32 Å². The van der Waals surface area contributed by atoms with Gasteiger partial charge in [0.1, 0.15) is 5.01 Å². The number of nitrogens with one attached hydrogen (secondary N) is 1. The first-order valence-corrected chi connectivity index (χ1v) is 7.41. The van der Waals surface area contributed by atoms with Crippen LogP contribution in [0.2, 0.25) is 0 Å². The lowest BCUT2D eigenvalue weighted by atomic mass is 10.0. The Bertz CT molecular complexity index is 443. The quantitative estimate of drug-likeness (QED) is 0.884. The SMILES string of the molecule is CCc1nnc(NC(=O)N(C)CC2(O)CCCC2)s1. The zero-order chi connectivity index (χ0) is 13.9. The van der Waals surface area contributed by atoms with E-state index in [1.165, 1.54) is 16.2 Å². The molecule has 0 aromatic carbocycles. The van der Waals surface area contributed by atoms with Crippen molar-refractivity contribution in [3.05, 3.63) is 5.01 Å². The van der Waals surface area contributed by atoms with E-state index in [4.69, 9.17) is 0 Å². The number of carbonyl (C=O) groups is 1. The minimum absolute atomic E-state index is 0.251. The number of urea groups is 1. The number of hydrogen-bond donors (Lipinski definition) is 2. The predicted molar refractivity (Wildman–Crippen MR) is 74.4 cm³/mol. The average molecular weight is 284 g/mol. The van der Waals surface area contributed by atoms with Crippen LogP contribution in [0.5, 0.6) is 0 Å². The summed E-state index contributed by atoms with van der Waals surface area (Å²) in [7, 11) is 1.69. The van der Waals surface area contributed by atoms with Gasteiger partial charge >= 0.3 is 6.03 Å². The number of hydrogen-bond acceptors (Lipinski definition) is 5. The highest BCUT2D eigenvalue weighted by atomic mass is 32.1. The number of aliphatic hydroxyl groups is 1. The van der Waals surface area contributed by atoms with Gasteiger partial charge < -0.3 is 10.0 Å². The van der Waals surface area contributed by atoms with Crippen LogP contribution in [0, 0.1) is 0 Å². The van der Waals surface area contributed by atoms with Crippen molar-refractivity contribution >= 4 is 22.5 Å². The number of rotatable bonds is 4. The van der Waals surface area contributed by atoms with Crippen LogP contribution in [0.3, 0.4) is 0 Å². The van der Waals surface area contributed by atoms with Gasteiger partial charge in [-0.1, -0.05) is 31.1 Å². The van der Waals surface area contributed by atoms with E-state index in [0.717, 1.165) is 37.1 Å². The second-order valence-electron chi connectivity index (χ2n) is 5.07. The minimum Gasteiger partial charge on any atom is -0.388 e. The van der Waals surface area contributed by atoms with Gasteiger partial charge in [0.15, 0.2) is 0 Å². The van der Waals surface area contributed by atoms with Gasteiger partial charge in [0.2, 0.25) is 5.13 Å². The Hall–Kier alpha value is -1.21. The summed E-state index contributed by atoms with van der Waals surface area (Å²) in [5.74, 6) is 0. The largest absolute Gasteiger partial charge is 0.388 e. The van der Waals surface area contributed by atoms with Crippen molar-refractivity contribution in [2.45, 2.75) is 44.6 Å².